The third-order valence-electron chi connectivity index (χ3n) is 4.58. The molecule has 7 heteroatoms. The zero-order valence-electron chi connectivity index (χ0n) is 12.8. The minimum atomic E-state index is -0.909. The normalized spacial score (nSPS) is 26.8. The number of carbonyl (C=O) groups is 1. The van der Waals surface area contributed by atoms with Gasteiger partial charge in [0.15, 0.2) is 0 Å². The molecule has 1 aromatic heterocycles. The maximum absolute atomic E-state index is 11.6. The van der Waals surface area contributed by atoms with Crippen LogP contribution in [0, 0.1) is 0 Å². The third-order valence-corrected chi connectivity index (χ3v) is 4.58. The molecule has 1 amide bonds. The van der Waals surface area contributed by atoms with E-state index in [1.54, 1.807) is 13.3 Å². The van der Waals surface area contributed by atoms with Gasteiger partial charge in [-0.15, -0.1) is 0 Å². The van der Waals surface area contributed by atoms with E-state index in [-0.39, 0.29) is 24.7 Å². The van der Waals surface area contributed by atoms with Gasteiger partial charge in [0.1, 0.15) is 5.82 Å². The van der Waals surface area contributed by atoms with Crippen molar-refractivity contribution in [3.63, 3.8) is 0 Å². The molecule has 0 aromatic carbocycles. The van der Waals surface area contributed by atoms with E-state index < -0.39 is 6.09 Å². The second-order valence-corrected chi connectivity index (χ2v) is 5.97. The van der Waals surface area contributed by atoms with Crippen LogP contribution in [0.1, 0.15) is 18.1 Å². The Morgan fingerprint density at radius 3 is 2.95 bits per heavy atom. The number of aliphatic hydroxyl groups excluding tert-OH is 1. The molecule has 3 unspecified atom stereocenters. The minimum Gasteiger partial charge on any atom is -0.465 e. The Labute approximate surface area is 129 Å². The maximum Gasteiger partial charge on any atom is 0.407 e. The van der Waals surface area contributed by atoms with E-state index in [1.807, 2.05) is 13.0 Å². The van der Waals surface area contributed by atoms with Crippen LogP contribution < -0.4 is 4.90 Å². The number of ether oxygens (including phenoxy) is 1. The van der Waals surface area contributed by atoms with E-state index in [1.165, 1.54) is 4.90 Å². The Kier molecular flexibility index (Phi) is 3.92. The van der Waals surface area contributed by atoms with Crippen LogP contribution in [-0.2, 0) is 17.8 Å². The first kappa shape index (κ1) is 15.1. The van der Waals surface area contributed by atoms with Gasteiger partial charge < -0.3 is 19.8 Å². The topological polar surface area (TPSA) is 86.1 Å². The summed E-state index contributed by atoms with van der Waals surface area (Å²) in [5.41, 5.74) is 1.85. The fraction of sp³-hybridized carbons (Fsp3) is 0.600. The van der Waals surface area contributed by atoms with Crippen LogP contribution in [0.3, 0.4) is 0 Å². The van der Waals surface area contributed by atoms with Crippen LogP contribution in [0.5, 0.6) is 0 Å². The van der Waals surface area contributed by atoms with E-state index in [0.717, 1.165) is 23.4 Å². The van der Waals surface area contributed by atoms with Crippen molar-refractivity contribution in [2.75, 3.05) is 25.2 Å². The van der Waals surface area contributed by atoms with Crippen LogP contribution in [0.2, 0.25) is 0 Å². The number of rotatable bonds is 3. The average Bonchev–Trinajstić information content (AvgIpc) is 2.88. The predicted octanol–water partition coefficient (Wildman–Crippen LogP) is 0.702. The first-order chi connectivity index (χ1) is 10.6. The zero-order chi connectivity index (χ0) is 15.9. The van der Waals surface area contributed by atoms with Crippen LogP contribution in [0.15, 0.2) is 12.3 Å². The summed E-state index contributed by atoms with van der Waals surface area (Å²) in [7, 11) is 1.59. The van der Waals surface area contributed by atoms with Gasteiger partial charge in [0.25, 0.3) is 0 Å². The lowest BCUT2D eigenvalue weighted by Crippen LogP contribution is -2.65. The van der Waals surface area contributed by atoms with Gasteiger partial charge in [-0.2, -0.15) is 0 Å². The van der Waals surface area contributed by atoms with Crippen molar-refractivity contribution < 1.29 is 19.7 Å². The molecule has 1 aromatic rings. The van der Waals surface area contributed by atoms with Gasteiger partial charge in [-0.25, -0.2) is 9.78 Å². The molecule has 0 saturated carbocycles. The molecule has 2 aliphatic heterocycles. The summed E-state index contributed by atoms with van der Waals surface area (Å²) in [6, 6.07) is 1.83. The number of aliphatic hydroxyl groups is 1. The molecule has 2 aliphatic rings. The van der Waals surface area contributed by atoms with Gasteiger partial charge in [-0.05, 0) is 30.5 Å². The second kappa shape index (κ2) is 5.73. The lowest BCUT2D eigenvalue weighted by molar-refractivity contribution is 0.0490. The fourth-order valence-corrected chi connectivity index (χ4v) is 3.67. The molecular weight excluding hydrogens is 286 g/mol. The van der Waals surface area contributed by atoms with Gasteiger partial charge in [-0.3, -0.25) is 4.90 Å². The number of pyridine rings is 1. The summed E-state index contributed by atoms with van der Waals surface area (Å²) in [5, 5.41) is 18.7. The van der Waals surface area contributed by atoms with Crippen LogP contribution in [-0.4, -0.2) is 64.6 Å². The number of hydrogen-bond donors (Lipinski definition) is 2. The largest absolute Gasteiger partial charge is 0.465 e. The van der Waals surface area contributed by atoms with Crippen LogP contribution in [0.25, 0.3) is 0 Å². The SMILES string of the molecule is COCC1C2Cc3cc(CO)cnc3N2C(C)CN1C(=O)O. The number of methoxy groups -OCH3 is 1. The quantitative estimate of drug-likeness (QED) is 0.855. The highest BCUT2D eigenvalue weighted by Crippen LogP contribution is 2.38. The number of aromatic nitrogens is 1. The van der Waals surface area contributed by atoms with E-state index in [2.05, 4.69) is 9.88 Å². The van der Waals surface area contributed by atoms with Crippen molar-refractivity contribution in [2.45, 2.75) is 38.1 Å². The van der Waals surface area contributed by atoms with E-state index in [0.29, 0.717) is 13.2 Å². The Balaban J connectivity index is 1.97. The summed E-state index contributed by atoms with van der Waals surface area (Å²) in [4.78, 5) is 19.7. The maximum atomic E-state index is 11.6. The Bertz CT molecular complexity index is 580. The van der Waals surface area contributed by atoms with Gasteiger partial charge >= 0.3 is 6.09 Å². The molecule has 0 radical (unpaired) electrons. The highest BCUT2D eigenvalue weighted by molar-refractivity contribution is 5.68. The number of fused-ring (bicyclic) bond motifs is 3. The van der Waals surface area contributed by atoms with Gasteiger partial charge in [0.2, 0.25) is 0 Å². The monoisotopic (exact) mass is 307 g/mol. The van der Waals surface area contributed by atoms with Crippen LogP contribution in [0.4, 0.5) is 10.6 Å². The van der Waals surface area contributed by atoms with Gasteiger partial charge in [0.05, 0.1) is 25.3 Å². The van der Waals surface area contributed by atoms with Crippen molar-refractivity contribution in [1.82, 2.24) is 9.88 Å². The van der Waals surface area contributed by atoms with Crippen molar-refractivity contribution >= 4 is 11.9 Å². The highest BCUT2D eigenvalue weighted by Gasteiger charge is 2.46. The zero-order valence-corrected chi connectivity index (χ0v) is 12.8. The molecule has 120 valence electrons. The minimum absolute atomic E-state index is 0.0243. The lowest BCUT2D eigenvalue weighted by atomic mass is 9.98. The Hall–Kier alpha value is -1.86. The number of hydrogen-bond acceptors (Lipinski definition) is 5. The molecule has 0 spiro atoms. The van der Waals surface area contributed by atoms with Gasteiger partial charge in [0, 0.05) is 25.9 Å². The number of anilines is 1. The molecule has 3 atom stereocenters. The summed E-state index contributed by atoms with van der Waals surface area (Å²) in [6.07, 6.45) is 1.50. The number of carboxylic acid groups (broad SMARTS) is 1. The lowest BCUT2D eigenvalue weighted by Gasteiger charge is -2.47. The van der Waals surface area contributed by atoms with Crippen molar-refractivity contribution in [1.29, 1.82) is 0 Å². The third kappa shape index (κ3) is 2.30. The highest BCUT2D eigenvalue weighted by atomic mass is 16.5. The molecule has 3 rings (SSSR count). The van der Waals surface area contributed by atoms with Crippen molar-refractivity contribution in [3.8, 4) is 0 Å². The Morgan fingerprint density at radius 2 is 2.32 bits per heavy atom. The molecule has 1 fully saturated rings. The smallest absolute Gasteiger partial charge is 0.407 e. The standard InChI is InChI=1S/C15H21N3O4/c1-9-6-17(15(20)21)13(8-22-2)12-4-11-3-10(7-19)5-16-14(11)18(9)12/h3,5,9,12-13,19H,4,6-8H2,1-2H3,(H,20,21). The number of piperazine rings is 1. The molecule has 22 heavy (non-hydrogen) atoms. The summed E-state index contributed by atoms with van der Waals surface area (Å²) in [6.45, 7) is 2.77. The number of amides is 1. The van der Waals surface area contributed by atoms with E-state index >= 15 is 0 Å². The fourth-order valence-electron chi connectivity index (χ4n) is 3.67. The average molecular weight is 307 g/mol. The molecule has 0 bridgehead atoms. The van der Waals surface area contributed by atoms with Crippen molar-refractivity contribution in [3.05, 3.63) is 23.4 Å². The second-order valence-electron chi connectivity index (χ2n) is 5.97. The molecule has 2 N–H and O–H groups in total. The van der Waals surface area contributed by atoms with E-state index in [9.17, 15) is 15.0 Å². The molecular formula is C15H21N3O4. The number of nitrogens with zero attached hydrogens (tertiary/aromatic N) is 3. The van der Waals surface area contributed by atoms with Crippen molar-refractivity contribution in [2.24, 2.45) is 0 Å². The Morgan fingerprint density at radius 1 is 1.55 bits per heavy atom. The summed E-state index contributed by atoms with van der Waals surface area (Å²) >= 11 is 0. The van der Waals surface area contributed by atoms with E-state index in [4.69, 9.17) is 4.74 Å². The van der Waals surface area contributed by atoms with Gasteiger partial charge in [-0.1, -0.05) is 0 Å². The summed E-state index contributed by atoms with van der Waals surface area (Å²) in [5.74, 6) is 0.904. The molecule has 7 nitrogen and oxygen atoms in total. The molecule has 3 heterocycles. The molecule has 1 saturated heterocycles. The van der Waals surface area contributed by atoms with Crippen LogP contribution >= 0.6 is 0 Å². The predicted molar refractivity (Wildman–Crippen MR) is 80.0 cm³/mol. The molecule has 0 aliphatic carbocycles. The summed E-state index contributed by atoms with van der Waals surface area (Å²) < 4.78 is 5.26. The first-order valence-electron chi connectivity index (χ1n) is 7.42. The first-order valence-corrected chi connectivity index (χ1v) is 7.42.